The zero-order chi connectivity index (χ0) is 14.2. The Balaban J connectivity index is 1.81. The van der Waals surface area contributed by atoms with Crippen molar-refractivity contribution in [2.24, 2.45) is 0 Å². The van der Waals surface area contributed by atoms with Crippen LogP contribution in [0, 0.1) is 0 Å². The number of ether oxygens (including phenoxy) is 1. The number of hydrogen-bond donors (Lipinski definition) is 0. The molecule has 0 bridgehead atoms. The molecule has 1 saturated heterocycles. The van der Waals surface area contributed by atoms with Crippen molar-refractivity contribution in [2.75, 3.05) is 20.2 Å². The first-order chi connectivity index (χ1) is 9.81. The van der Waals surface area contributed by atoms with Crippen molar-refractivity contribution >= 4 is 0 Å². The smallest absolute Gasteiger partial charge is 0.122 e. The summed E-state index contributed by atoms with van der Waals surface area (Å²) < 4.78 is 6.06. The molecule has 0 spiro atoms. The number of unbranched alkanes of at least 4 members (excludes halogenated alkanes) is 1. The average Bonchev–Trinajstić information content (AvgIpc) is 2.48. The van der Waals surface area contributed by atoms with Gasteiger partial charge in [0, 0.05) is 6.04 Å². The van der Waals surface area contributed by atoms with Crippen molar-refractivity contribution in [3.05, 3.63) is 29.8 Å². The van der Waals surface area contributed by atoms with Gasteiger partial charge in [-0.3, -0.25) is 0 Å². The third-order valence-corrected chi connectivity index (χ3v) is 4.40. The molecule has 112 valence electrons. The maximum absolute atomic E-state index is 6.06. The lowest BCUT2D eigenvalue weighted by atomic mass is 10.0. The minimum atomic E-state index is 0.714. The summed E-state index contributed by atoms with van der Waals surface area (Å²) in [6.45, 7) is 4.33. The third kappa shape index (κ3) is 4.52. The molecule has 1 unspecified atom stereocenters. The van der Waals surface area contributed by atoms with Crippen LogP contribution in [-0.2, 0) is 6.42 Å². The van der Waals surface area contributed by atoms with Crippen LogP contribution >= 0.6 is 0 Å². The Hall–Kier alpha value is -1.02. The minimum absolute atomic E-state index is 0.714. The standard InChI is InChI=1S/C18H29NO/c1-3-4-9-16-10-5-6-12-18(16)20-15-13-17-11-7-8-14-19(17)2/h5-6,10,12,17H,3-4,7-9,11,13-15H2,1-2H3. The van der Waals surface area contributed by atoms with Crippen LogP contribution in [0.25, 0.3) is 0 Å². The summed E-state index contributed by atoms with van der Waals surface area (Å²) in [5.74, 6) is 1.10. The Kier molecular flexibility index (Phi) is 6.38. The van der Waals surface area contributed by atoms with Gasteiger partial charge in [-0.25, -0.2) is 0 Å². The Morgan fingerprint density at radius 3 is 2.90 bits per heavy atom. The van der Waals surface area contributed by atoms with E-state index in [1.807, 2.05) is 0 Å². The molecule has 20 heavy (non-hydrogen) atoms. The lowest BCUT2D eigenvalue weighted by Gasteiger charge is -2.32. The molecule has 1 aliphatic heterocycles. The number of likely N-dealkylation sites (tertiary alicyclic amines) is 1. The Morgan fingerprint density at radius 2 is 2.10 bits per heavy atom. The van der Waals surface area contributed by atoms with Crippen LogP contribution in [0.3, 0.4) is 0 Å². The van der Waals surface area contributed by atoms with E-state index in [0.717, 1.165) is 25.2 Å². The molecule has 1 aromatic rings. The maximum atomic E-state index is 6.06. The predicted molar refractivity (Wildman–Crippen MR) is 85.4 cm³/mol. The van der Waals surface area contributed by atoms with Crippen molar-refractivity contribution < 1.29 is 4.74 Å². The van der Waals surface area contributed by atoms with E-state index in [2.05, 4.69) is 43.1 Å². The molecule has 1 heterocycles. The fraction of sp³-hybridized carbons (Fsp3) is 0.667. The van der Waals surface area contributed by atoms with Gasteiger partial charge in [-0.05, 0) is 57.3 Å². The molecular weight excluding hydrogens is 246 g/mol. The van der Waals surface area contributed by atoms with Gasteiger partial charge in [0.25, 0.3) is 0 Å². The second-order valence-electron chi connectivity index (χ2n) is 5.98. The molecule has 1 atom stereocenters. The van der Waals surface area contributed by atoms with Gasteiger partial charge in [-0.2, -0.15) is 0 Å². The summed E-state index contributed by atoms with van der Waals surface area (Å²) in [5.41, 5.74) is 1.37. The molecule has 0 radical (unpaired) electrons. The summed E-state index contributed by atoms with van der Waals surface area (Å²) in [6, 6.07) is 9.24. The second-order valence-corrected chi connectivity index (χ2v) is 5.98. The van der Waals surface area contributed by atoms with Crippen molar-refractivity contribution in [2.45, 2.75) is 57.9 Å². The molecule has 1 fully saturated rings. The Labute approximate surface area is 124 Å². The number of rotatable bonds is 7. The Morgan fingerprint density at radius 1 is 1.25 bits per heavy atom. The SMILES string of the molecule is CCCCc1ccccc1OCCC1CCCCN1C. The predicted octanol–water partition coefficient (Wildman–Crippen LogP) is 4.28. The van der Waals surface area contributed by atoms with Crippen molar-refractivity contribution in [3.63, 3.8) is 0 Å². The summed E-state index contributed by atoms with van der Waals surface area (Å²) in [4.78, 5) is 2.50. The average molecular weight is 275 g/mol. The lowest BCUT2D eigenvalue weighted by Crippen LogP contribution is -2.37. The number of piperidine rings is 1. The highest BCUT2D eigenvalue weighted by Crippen LogP contribution is 2.22. The van der Waals surface area contributed by atoms with Gasteiger partial charge in [0.2, 0.25) is 0 Å². The van der Waals surface area contributed by atoms with Crippen LogP contribution in [0.1, 0.15) is 51.0 Å². The summed E-state index contributed by atoms with van der Waals surface area (Å²) in [5, 5.41) is 0. The van der Waals surface area contributed by atoms with Crippen LogP contribution < -0.4 is 4.74 Å². The summed E-state index contributed by atoms with van der Waals surface area (Å²) in [6.07, 6.45) is 8.83. The molecule has 0 saturated carbocycles. The van der Waals surface area contributed by atoms with Crippen LogP contribution in [0.2, 0.25) is 0 Å². The monoisotopic (exact) mass is 275 g/mol. The number of para-hydroxylation sites is 1. The number of aryl methyl sites for hydroxylation is 1. The molecule has 2 rings (SSSR count). The molecule has 0 amide bonds. The van der Waals surface area contributed by atoms with E-state index >= 15 is 0 Å². The number of nitrogens with zero attached hydrogens (tertiary/aromatic N) is 1. The molecule has 2 nitrogen and oxygen atoms in total. The van der Waals surface area contributed by atoms with E-state index in [-0.39, 0.29) is 0 Å². The van der Waals surface area contributed by atoms with Crippen molar-refractivity contribution in [3.8, 4) is 5.75 Å². The van der Waals surface area contributed by atoms with Gasteiger partial charge in [0.1, 0.15) is 5.75 Å². The van der Waals surface area contributed by atoms with Gasteiger partial charge in [0.15, 0.2) is 0 Å². The number of hydrogen-bond acceptors (Lipinski definition) is 2. The number of benzene rings is 1. The molecule has 1 aromatic carbocycles. The van der Waals surface area contributed by atoms with Gasteiger partial charge in [-0.1, -0.05) is 38.0 Å². The van der Waals surface area contributed by atoms with Crippen molar-refractivity contribution in [1.82, 2.24) is 4.90 Å². The first kappa shape index (κ1) is 15.4. The quantitative estimate of drug-likeness (QED) is 0.736. The highest BCUT2D eigenvalue weighted by Gasteiger charge is 2.18. The first-order valence-corrected chi connectivity index (χ1v) is 8.22. The third-order valence-electron chi connectivity index (χ3n) is 4.40. The lowest BCUT2D eigenvalue weighted by molar-refractivity contribution is 0.153. The van der Waals surface area contributed by atoms with E-state index in [0.29, 0.717) is 6.04 Å². The molecule has 2 heteroatoms. The van der Waals surface area contributed by atoms with Gasteiger partial charge >= 0.3 is 0 Å². The zero-order valence-electron chi connectivity index (χ0n) is 13.1. The van der Waals surface area contributed by atoms with E-state index in [4.69, 9.17) is 4.74 Å². The van der Waals surface area contributed by atoms with E-state index in [1.165, 1.54) is 44.2 Å². The largest absolute Gasteiger partial charge is 0.493 e. The molecule has 0 N–H and O–H groups in total. The van der Waals surface area contributed by atoms with E-state index in [9.17, 15) is 0 Å². The summed E-state index contributed by atoms with van der Waals surface area (Å²) >= 11 is 0. The Bertz CT molecular complexity index is 391. The molecule has 1 aliphatic rings. The normalized spacial score (nSPS) is 20.0. The van der Waals surface area contributed by atoms with E-state index in [1.54, 1.807) is 0 Å². The maximum Gasteiger partial charge on any atom is 0.122 e. The van der Waals surface area contributed by atoms with Crippen LogP contribution in [0.4, 0.5) is 0 Å². The molecule has 0 aliphatic carbocycles. The second kappa shape index (κ2) is 8.31. The van der Waals surface area contributed by atoms with Crippen LogP contribution in [-0.4, -0.2) is 31.1 Å². The fourth-order valence-electron chi connectivity index (χ4n) is 3.03. The minimum Gasteiger partial charge on any atom is -0.493 e. The van der Waals surface area contributed by atoms with Crippen LogP contribution in [0.5, 0.6) is 5.75 Å². The fourth-order valence-corrected chi connectivity index (χ4v) is 3.03. The highest BCUT2D eigenvalue weighted by molar-refractivity contribution is 5.33. The van der Waals surface area contributed by atoms with Crippen LogP contribution in [0.15, 0.2) is 24.3 Å². The molecule has 0 aromatic heterocycles. The topological polar surface area (TPSA) is 12.5 Å². The molecular formula is C18H29NO. The van der Waals surface area contributed by atoms with Gasteiger partial charge in [-0.15, -0.1) is 0 Å². The summed E-state index contributed by atoms with van der Waals surface area (Å²) in [7, 11) is 2.25. The van der Waals surface area contributed by atoms with E-state index < -0.39 is 0 Å². The van der Waals surface area contributed by atoms with Gasteiger partial charge in [0.05, 0.1) is 6.61 Å². The van der Waals surface area contributed by atoms with Crippen molar-refractivity contribution in [1.29, 1.82) is 0 Å². The first-order valence-electron chi connectivity index (χ1n) is 8.22. The highest BCUT2D eigenvalue weighted by atomic mass is 16.5. The zero-order valence-corrected chi connectivity index (χ0v) is 13.1. The van der Waals surface area contributed by atoms with Gasteiger partial charge < -0.3 is 9.64 Å².